The number of rotatable bonds is 6. The monoisotopic (exact) mass is 357 g/mol. The first-order valence-electron chi connectivity index (χ1n) is 8.76. The van der Waals surface area contributed by atoms with E-state index in [9.17, 15) is 4.79 Å². The van der Waals surface area contributed by atoms with Crippen LogP contribution in [0.25, 0.3) is 0 Å². The molecule has 5 heteroatoms. The smallest absolute Gasteiger partial charge is 0.265 e. The molecule has 0 saturated heterocycles. The fourth-order valence-electron chi connectivity index (χ4n) is 3.14. The average molecular weight is 358 g/mol. The zero-order chi connectivity index (χ0) is 18.4. The van der Waals surface area contributed by atoms with Crippen molar-refractivity contribution in [1.29, 1.82) is 0 Å². The van der Waals surface area contributed by atoms with Crippen LogP contribution >= 0.6 is 11.8 Å². The molecule has 134 valence electrons. The molecule has 0 amide bonds. The second kappa shape index (κ2) is 9.07. The lowest BCUT2D eigenvalue weighted by molar-refractivity contribution is 0.300. The Kier molecular flexibility index (Phi) is 7.10. The minimum atomic E-state index is -0.263. The number of aromatic amines is 1. The van der Waals surface area contributed by atoms with Crippen molar-refractivity contribution in [3.05, 3.63) is 45.7 Å². The summed E-state index contributed by atoms with van der Waals surface area (Å²) in [7, 11) is 0. The maximum absolute atomic E-state index is 12.6. The molecule has 0 aromatic carbocycles. The molecule has 1 heterocycles. The first-order valence-corrected chi connectivity index (χ1v) is 9.74. The van der Waals surface area contributed by atoms with Crippen LogP contribution < -0.4 is 11.3 Å². The molecule has 0 bridgehead atoms. The van der Waals surface area contributed by atoms with E-state index < -0.39 is 0 Å². The van der Waals surface area contributed by atoms with Gasteiger partial charge in [-0.15, -0.1) is 18.2 Å². The molecule has 25 heavy (non-hydrogen) atoms. The Labute approximate surface area is 154 Å². The standard InChI is InChI=1S/C20H27N3OS/c1-5-14(13(3)4)12-25-18-16(6-2)22-19(23-20(18)24)17(21)15-10-8-7-9-11-15/h2,5,15,17H,1,7-12,21H2,3-4H3,(H,22,23,24). The van der Waals surface area contributed by atoms with Gasteiger partial charge in [0.05, 0.1) is 6.04 Å². The quantitative estimate of drug-likeness (QED) is 0.459. The van der Waals surface area contributed by atoms with Crippen molar-refractivity contribution in [3.63, 3.8) is 0 Å². The van der Waals surface area contributed by atoms with Crippen LogP contribution in [0, 0.1) is 18.3 Å². The number of hydrogen-bond acceptors (Lipinski definition) is 4. The van der Waals surface area contributed by atoms with Crippen molar-refractivity contribution in [2.75, 3.05) is 5.75 Å². The van der Waals surface area contributed by atoms with Crippen LogP contribution in [0.5, 0.6) is 0 Å². The zero-order valence-electron chi connectivity index (χ0n) is 15.1. The van der Waals surface area contributed by atoms with Gasteiger partial charge in [0.1, 0.15) is 16.4 Å². The number of nitrogens with two attached hydrogens (primary N) is 1. The molecule has 3 N–H and O–H groups in total. The fraction of sp³-hybridized carbons (Fsp3) is 0.500. The third-order valence-corrected chi connectivity index (χ3v) is 5.89. The second-order valence-corrected chi connectivity index (χ2v) is 7.70. The van der Waals surface area contributed by atoms with Gasteiger partial charge in [0, 0.05) is 5.75 Å². The van der Waals surface area contributed by atoms with E-state index in [1.54, 1.807) is 0 Å². The third-order valence-electron chi connectivity index (χ3n) is 4.77. The highest BCUT2D eigenvalue weighted by Crippen LogP contribution is 2.32. The minimum Gasteiger partial charge on any atom is -0.321 e. The van der Waals surface area contributed by atoms with Gasteiger partial charge in [0.2, 0.25) is 0 Å². The molecule has 4 nitrogen and oxygen atoms in total. The van der Waals surface area contributed by atoms with Crippen molar-refractivity contribution in [3.8, 4) is 12.3 Å². The molecule has 1 aromatic heterocycles. The summed E-state index contributed by atoms with van der Waals surface area (Å²) in [4.78, 5) is 20.4. The molecular weight excluding hydrogens is 330 g/mol. The molecule has 1 aliphatic carbocycles. The molecule has 1 aromatic rings. The van der Waals surface area contributed by atoms with E-state index in [0.717, 1.165) is 18.4 Å². The highest BCUT2D eigenvalue weighted by molar-refractivity contribution is 7.99. The van der Waals surface area contributed by atoms with E-state index in [1.807, 2.05) is 19.9 Å². The summed E-state index contributed by atoms with van der Waals surface area (Å²) in [6.45, 7) is 7.86. The number of H-pyrrole nitrogens is 1. The summed E-state index contributed by atoms with van der Waals surface area (Å²) in [5.74, 6) is 4.07. The first kappa shape index (κ1) is 19.6. The summed E-state index contributed by atoms with van der Waals surface area (Å²) in [5.41, 5.74) is 8.81. The number of nitrogens with one attached hydrogen (secondary N) is 1. The Morgan fingerprint density at radius 2 is 2.16 bits per heavy atom. The topological polar surface area (TPSA) is 71.8 Å². The summed E-state index contributed by atoms with van der Waals surface area (Å²) in [6, 6.07) is -0.263. The Balaban J connectivity index is 2.26. The number of thioether (sulfide) groups is 1. The van der Waals surface area contributed by atoms with Crippen LogP contribution in [0.15, 0.2) is 33.5 Å². The average Bonchev–Trinajstić information content (AvgIpc) is 2.62. The lowest BCUT2D eigenvalue weighted by Gasteiger charge is -2.26. The van der Waals surface area contributed by atoms with Gasteiger partial charge < -0.3 is 10.7 Å². The van der Waals surface area contributed by atoms with Gasteiger partial charge in [0.25, 0.3) is 5.56 Å². The second-order valence-electron chi connectivity index (χ2n) is 6.72. The molecule has 1 unspecified atom stereocenters. The molecule has 1 saturated carbocycles. The van der Waals surface area contributed by atoms with Crippen LogP contribution in [-0.4, -0.2) is 15.7 Å². The predicted octanol–water partition coefficient (Wildman–Crippen LogP) is 3.95. The maximum Gasteiger partial charge on any atom is 0.265 e. The van der Waals surface area contributed by atoms with Gasteiger partial charge in [-0.1, -0.05) is 37.5 Å². The minimum absolute atomic E-state index is 0.202. The van der Waals surface area contributed by atoms with E-state index in [4.69, 9.17) is 12.2 Å². The largest absolute Gasteiger partial charge is 0.321 e. The Bertz CT molecular complexity index is 747. The Hall–Kier alpha value is -1.77. The van der Waals surface area contributed by atoms with Crippen molar-refractivity contribution >= 4 is 11.8 Å². The molecule has 1 aliphatic rings. The van der Waals surface area contributed by atoms with Gasteiger partial charge in [-0.25, -0.2) is 4.98 Å². The van der Waals surface area contributed by atoms with Crippen molar-refractivity contribution in [2.45, 2.75) is 56.9 Å². The first-order chi connectivity index (χ1) is 12.0. The normalized spacial score (nSPS) is 16.1. The van der Waals surface area contributed by atoms with Crippen molar-refractivity contribution in [1.82, 2.24) is 9.97 Å². The molecular formula is C20H27N3OS. The summed E-state index contributed by atoms with van der Waals surface area (Å²) < 4.78 is 0. The van der Waals surface area contributed by atoms with E-state index in [1.165, 1.54) is 36.6 Å². The molecule has 0 radical (unpaired) electrons. The van der Waals surface area contributed by atoms with Crippen LogP contribution in [0.4, 0.5) is 0 Å². The van der Waals surface area contributed by atoms with Gasteiger partial charge >= 0.3 is 0 Å². The molecule has 0 spiro atoms. The van der Waals surface area contributed by atoms with E-state index in [0.29, 0.717) is 28.1 Å². The van der Waals surface area contributed by atoms with Gasteiger partial charge in [-0.05, 0) is 44.1 Å². The molecule has 0 aliphatic heterocycles. The Morgan fingerprint density at radius 3 is 2.72 bits per heavy atom. The molecule has 1 atom stereocenters. The third kappa shape index (κ3) is 4.87. The van der Waals surface area contributed by atoms with Crippen LogP contribution in [-0.2, 0) is 0 Å². The highest BCUT2D eigenvalue weighted by atomic mass is 32.2. The fourth-order valence-corrected chi connectivity index (χ4v) is 4.27. The lowest BCUT2D eigenvalue weighted by Crippen LogP contribution is -2.29. The number of nitrogens with zero attached hydrogens (tertiary/aromatic N) is 1. The highest BCUT2D eigenvalue weighted by Gasteiger charge is 2.25. The van der Waals surface area contributed by atoms with Gasteiger partial charge in [-0.2, -0.15) is 0 Å². The van der Waals surface area contributed by atoms with Crippen molar-refractivity contribution < 1.29 is 0 Å². The molecule has 2 rings (SSSR count). The lowest BCUT2D eigenvalue weighted by atomic mass is 9.84. The Morgan fingerprint density at radius 1 is 1.48 bits per heavy atom. The van der Waals surface area contributed by atoms with E-state index in [2.05, 4.69) is 22.5 Å². The van der Waals surface area contributed by atoms with Gasteiger partial charge in [-0.3, -0.25) is 4.79 Å². The number of hydrogen-bond donors (Lipinski definition) is 2. The SMILES string of the molecule is C#Cc1nc(C(N)C2CCCCC2)[nH]c(=O)c1SCC(C=C)=C(C)C. The number of aromatic nitrogens is 2. The maximum atomic E-state index is 12.6. The number of allylic oxidation sites excluding steroid dienone is 2. The van der Waals surface area contributed by atoms with Crippen LogP contribution in [0.1, 0.15) is 63.5 Å². The van der Waals surface area contributed by atoms with Crippen molar-refractivity contribution in [2.24, 2.45) is 11.7 Å². The summed E-state index contributed by atoms with van der Waals surface area (Å²) in [5, 5.41) is 0. The summed E-state index contributed by atoms with van der Waals surface area (Å²) >= 11 is 1.40. The number of terminal acetylenes is 1. The van der Waals surface area contributed by atoms with Crippen LogP contribution in [0.2, 0.25) is 0 Å². The molecule has 1 fully saturated rings. The van der Waals surface area contributed by atoms with Gasteiger partial charge in [0.15, 0.2) is 0 Å². The van der Waals surface area contributed by atoms with E-state index >= 15 is 0 Å². The van der Waals surface area contributed by atoms with E-state index in [-0.39, 0.29) is 11.6 Å². The summed E-state index contributed by atoms with van der Waals surface area (Å²) in [6.07, 6.45) is 13.2. The van der Waals surface area contributed by atoms with Crippen LogP contribution in [0.3, 0.4) is 0 Å². The predicted molar refractivity (Wildman–Crippen MR) is 106 cm³/mol. The zero-order valence-corrected chi connectivity index (χ0v) is 15.9.